The quantitative estimate of drug-likeness (QED) is 0.649. The summed E-state index contributed by atoms with van der Waals surface area (Å²) < 4.78 is 43.8. The molecule has 0 spiro atoms. The van der Waals surface area contributed by atoms with Gasteiger partial charge in [0.05, 0.1) is 22.2 Å². The highest BCUT2D eigenvalue weighted by Crippen LogP contribution is 2.40. The molecule has 0 atom stereocenters. The minimum absolute atomic E-state index is 0.110. The molecule has 0 unspecified atom stereocenters. The number of halogens is 5. The number of anilines is 1. The average Bonchev–Trinajstić information content (AvgIpc) is 2.85. The number of ether oxygens (including phenoxy) is 1. The Hall–Kier alpha value is -2.18. The van der Waals surface area contributed by atoms with Crippen molar-refractivity contribution in [1.82, 2.24) is 0 Å². The fourth-order valence-electron chi connectivity index (χ4n) is 2.63. The molecule has 0 aliphatic carbocycles. The van der Waals surface area contributed by atoms with Gasteiger partial charge < -0.3 is 10.1 Å². The summed E-state index contributed by atoms with van der Waals surface area (Å²) in [5.41, 5.74) is 0.416. The Balaban J connectivity index is 2.03. The van der Waals surface area contributed by atoms with E-state index in [1.165, 1.54) is 12.1 Å². The highest BCUT2D eigenvalue weighted by atomic mass is 35.5. The number of hydrogen-bond acceptors (Lipinski definition) is 2. The molecule has 26 heavy (non-hydrogen) atoms. The molecule has 1 heterocycles. The number of carbonyl (C=O) groups is 1. The van der Waals surface area contributed by atoms with Crippen molar-refractivity contribution >= 4 is 46.4 Å². The monoisotopic (exact) mass is 401 g/mol. The van der Waals surface area contributed by atoms with Gasteiger partial charge in [-0.3, -0.25) is 4.79 Å². The van der Waals surface area contributed by atoms with Crippen LogP contribution >= 0.6 is 23.2 Å². The average molecular weight is 402 g/mol. The van der Waals surface area contributed by atoms with Crippen LogP contribution < -0.4 is 10.1 Å². The van der Waals surface area contributed by atoms with Crippen molar-refractivity contribution in [1.29, 1.82) is 0 Å². The van der Waals surface area contributed by atoms with Crippen molar-refractivity contribution in [2.45, 2.75) is 13.1 Å². The molecule has 2 aromatic rings. The lowest BCUT2D eigenvalue weighted by Gasteiger charge is -2.09. The molecular weight excluding hydrogens is 390 g/mol. The van der Waals surface area contributed by atoms with Gasteiger partial charge in [0.25, 0.3) is 5.91 Å². The largest absolute Gasteiger partial charge is 0.491 e. The van der Waals surface area contributed by atoms with Gasteiger partial charge in [-0.25, -0.2) is 0 Å². The number of benzene rings is 2. The molecule has 0 aromatic heterocycles. The molecule has 3 nitrogen and oxygen atoms in total. The Kier molecular flexibility index (Phi) is 4.90. The van der Waals surface area contributed by atoms with Crippen molar-refractivity contribution in [2.75, 3.05) is 11.9 Å². The zero-order chi connectivity index (χ0) is 19.1. The third-order valence-electron chi connectivity index (χ3n) is 3.75. The van der Waals surface area contributed by atoms with Crippen molar-refractivity contribution in [3.63, 3.8) is 0 Å². The first-order valence-electron chi connectivity index (χ1n) is 7.57. The zero-order valence-electron chi connectivity index (χ0n) is 13.4. The maximum absolute atomic E-state index is 12.8. The van der Waals surface area contributed by atoms with Gasteiger partial charge in [-0.05, 0) is 42.8 Å². The Morgan fingerprint density at radius 3 is 2.38 bits per heavy atom. The normalized spacial score (nSPS) is 15.2. The van der Waals surface area contributed by atoms with Gasteiger partial charge >= 0.3 is 6.18 Å². The minimum atomic E-state index is -4.48. The second-order valence-corrected chi connectivity index (χ2v) is 6.33. The van der Waals surface area contributed by atoms with Crippen LogP contribution in [0.5, 0.6) is 5.75 Å². The lowest BCUT2D eigenvalue weighted by molar-refractivity contribution is -0.137. The lowest BCUT2D eigenvalue weighted by Crippen LogP contribution is -2.06. The number of nitrogens with one attached hydrogen (secondary N) is 1. The number of carbonyl (C=O) groups excluding carboxylic acids is 1. The molecule has 1 N–H and O–H groups in total. The maximum Gasteiger partial charge on any atom is 0.416 e. The van der Waals surface area contributed by atoms with Gasteiger partial charge in [0, 0.05) is 16.8 Å². The van der Waals surface area contributed by atoms with Crippen LogP contribution in [0.2, 0.25) is 10.0 Å². The Morgan fingerprint density at radius 2 is 1.81 bits per heavy atom. The summed E-state index contributed by atoms with van der Waals surface area (Å²) in [5.74, 6) is -0.162. The molecule has 136 valence electrons. The molecule has 1 amide bonds. The third-order valence-corrected chi connectivity index (χ3v) is 4.31. The van der Waals surface area contributed by atoms with Crippen LogP contribution in [-0.4, -0.2) is 12.5 Å². The topological polar surface area (TPSA) is 38.3 Å². The smallest absolute Gasteiger partial charge is 0.416 e. The Labute approximate surface area is 157 Å². The van der Waals surface area contributed by atoms with E-state index < -0.39 is 17.6 Å². The van der Waals surface area contributed by atoms with Crippen molar-refractivity contribution in [3.8, 4) is 5.75 Å². The standard InChI is InChI=1S/C18H12Cl2F3NO2/c1-2-26-16-13(19)6-9(7-14(16)20)5-12-11-4-3-10(18(21,22)23)8-15(11)24-17(12)25/h3-8H,2H2,1H3,(H,24,25)/b12-5-. The highest BCUT2D eigenvalue weighted by Gasteiger charge is 2.33. The minimum Gasteiger partial charge on any atom is -0.491 e. The number of alkyl halides is 3. The number of amides is 1. The zero-order valence-corrected chi connectivity index (χ0v) is 14.9. The maximum atomic E-state index is 12.8. The predicted octanol–water partition coefficient (Wildman–Crippen LogP) is 5.90. The fourth-order valence-corrected chi connectivity index (χ4v) is 3.24. The van der Waals surface area contributed by atoms with E-state index in [9.17, 15) is 18.0 Å². The first-order chi connectivity index (χ1) is 12.2. The van der Waals surface area contributed by atoms with E-state index in [0.717, 1.165) is 12.1 Å². The van der Waals surface area contributed by atoms with Crippen LogP contribution in [0, 0.1) is 0 Å². The van der Waals surface area contributed by atoms with E-state index in [0.29, 0.717) is 23.5 Å². The van der Waals surface area contributed by atoms with Crippen LogP contribution in [-0.2, 0) is 11.0 Å². The second kappa shape index (κ2) is 6.85. The molecule has 0 radical (unpaired) electrons. The summed E-state index contributed by atoms with van der Waals surface area (Å²) in [6.07, 6.45) is -2.97. The van der Waals surface area contributed by atoms with E-state index in [1.807, 2.05) is 0 Å². The van der Waals surface area contributed by atoms with Crippen molar-refractivity contribution < 1.29 is 22.7 Å². The SMILES string of the molecule is CCOc1c(Cl)cc(/C=C2\C(=O)Nc3cc(C(F)(F)F)ccc32)cc1Cl. The van der Waals surface area contributed by atoms with Crippen molar-refractivity contribution in [2.24, 2.45) is 0 Å². The number of rotatable bonds is 3. The summed E-state index contributed by atoms with van der Waals surface area (Å²) in [4.78, 5) is 12.2. The van der Waals surface area contributed by atoms with Crippen LogP contribution in [0.15, 0.2) is 30.3 Å². The molecule has 8 heteroatoms. The first kappa shape index (κ1) is 18.6. The fraction of sp³-hybridized carbons (Fsp3) is 0.167. The van der Waals surface area contributed by atoms with Crippen LogP contribution in [0.25, 0.3) is 11.6 Å². The summed E-state index contributed by atoms with van der Waals surface area (Å²) in [5, 5.41) is 2.99. The molecule has 2 aromatic carbocycles. The summed E-state index contributed by atoms with van der Waals surface area (Å²) in [7, 11) is 0. The first-order valence-corrected chi connectivity index (χ1v) is 8.32. The van der Waals surface area contributed by atoms with Gasteiger partial charge in [-0.2, -0.15) is 13.2 Å². The van der Waals surface area contributed by atoms with Gasteiger partial charge in [0.2, 0.25) is 0 Å². The molecular formula is C18H12Cl2F3NO2. The summed E-state index contributed by atoms with van der Waals surface area (Å²) in [6.45, 7) is 2.18. The molecule has 0 fully saturated rings. The molecule has 1 aliphatic heterocycles. The van der Waals surface area contributed by atoms with E-state index in [2.05, 4.69) is 5.32 Å². The van der Waals surface area contributed by atoms with Crippen LogP contribution in [0.1, 0.15) is 23.6 Å². The second-order valence-electron chi connectivity index (χ2n) is 5.52. The van der Waals surface area contributed by atoms with Crippen LogP contribution in [0.3, 0.4) is 0 Å². The van der Waals surface area contributed by atoms with E-state index in [1.54, 1.807) is 19.1 Å². The van der Waals surface area contributed by atoms with Gasteiger partial charge in [0.15, 0.2) is 5.75 Å². The van der Waals surface area contributed by atoms with E-state index >= 15 is 0 Å². The van der Waals surface area contributed by atoms with Gasteiger partial charge in [-0.1, -0.05) is 29.3 Å². The highest BCUT2D eigenvalue weighted by molar-refractivity contribution is 6.38. The molecule has 0 saturated heterocycles. The van der Waals surface area contributed by atoms with E-state index in [-0.39, 0.29) is 21.3 Å². The van der Waals surface area contributed by atoms with Gasteiger partial charge in [0.1, 0.15) is 0 Å². The van der Waals surface area contributed by atoms with Gasteiger partial charge in [-0.15, -0.1) is 0 Å². The molecule has 0 saturated carbocycles. The van der Waals surface area contributed by atoms with Crippen LogP contribution in [0.4, 0.5) is 18.9 Å². The Morgan fingerprint density at radius 1 is 1.15 bits per heavy atom. The molecule has 3 rings (SSSR count). The number of fused-ring (bicyclic) bond motifs is 1. The Bertz CT molecular complexity index is 900. The number of hydrogen-bond donors (Lipinski definition) is 1. The predicted molar refractivity (Wildman–Crippen MR) is 95.6 cm³/mol. The third kappa shape index (κ3) is 3.52. The molecule has 0 bridgehead atoms. The van der Waals surface area contributed by atoms with Crippen molar-refractivity contribution in [3.05, 3.63) is 57.1 Å². The van der Waals surface area contributed by atoms with E-state index in [4.69, 9.17) is 27.9 Å². The summed E-state index contributed by atoms with van der Waals surface area (Å²) >= 11 is 12.3. The summed E-state index contributed by atoms with van der Waals surface area (Å²) in [6, 6.07) is 6.25. The lowest BCUT2D eigenvalue weighted by atomic mass is 10.0. The molecule has 1 aliphatic rings.